The Balaban J connectivity index is 1.64. The Morgan fingerprint density at radius 2 is 1.73 bits per heavy atom. The first-order chi connectivity index (χ1) is 12.5. The summed E-state index contributed by atoms with van der Waals surface area (Å²) in [5.41, 5.74) is 2.71. The fraction of sp³-hybridized carbons (Fsp3) is 0.364. The molecule has 0 aromatic heterocycles. The van der Waals surface area contributed by atoms with Gasteiger partial charge in [-0.1, -0.05) is 44.2 Å². The van der Waals surface area contributed by atoms with Crippen molar-refractivity contribution in [2.24, 2.45) is 5.92 Å². The smallest absolute Gasteiger partial charge is 0.253 e. The van der Waals surface area contributed by atoms with Crippen LogP contribution in [-0.4, -0.2) is 29.8 Å². The van der Waals surface area contributed by atoms with Crippen LogP contribution in [0.4, 0.5) is 5.69 Å². The van der Waals surface area contributed by atoms with Gasteiger partial charge >= 0.3 is 0 Å². The van der Waals surface area contributed by atoms with Gasteiger partial charge in [0, 0.05) is 24.3 Å². The SMILES string of the molecule is CC(C)c1ccc(C(=O)N2CCCC(C(=O)Nc3ccccc3)C2)cc1. The van der Waals surface area contributed by atoms with E-state index in [2.05, 4.69) is 19.2 Å². The summed E-state index contributed by atoms with van der Waals surface area (Å²) in [6.45, 7) is 5.46. The minimum atomic E-state index is -0.164. The number of carbonyl (C=O) groups excluding carboxylic acids is 2. The number of benzene rings is 2. The average molecular weight is 350 g/mol. The molecule has 1 heterocycles. The Kier molecular flexibility index (Phi) is 5.71. The fourth-order valence-corrected chi connectivity index (χ4v) is 3.33. The predicted molar refractivity (Wildman–Crippen MR) is 104 cm³/mol. The van der Waals surface area contributed by atoms with Crippen molar-refractivity contribution < 1.29 is 9.59 Å². The van der Waals surface area contributed by atoms with Crippen LogP contribution in [0.25, 0.3) is 0 Å². The van der Waals surface area contributed by atoms with E-state index >= 15 is 0 Å². The molecule has 1 aliphatic heterocycles. The molecule has 2 amide bonds. The topological polar surface area (TPSA) is 49.4 Å². The number of piperidine rings is 1. The maximum absolute atomic E-state index is 12.8. The van der Waals surface area contributed by atoms with Crippen LogP contribution < -0.4 is 5.32 Å². The molecule has 26 heavy (non-hydrogen) atoms. The lowest BCUT2D eigenvalue weighted by Crippen LogP contribution is -2.43. The molecular formula is C22H26N2O2. The molecule has 0 aliphatic carbocycles. The lowest BCUT2D eigenvalue weighted by atomic mass is 9.96. The van der Waals surface area contributed by atoms with Gasteiger partial charge in [-0.2, -0.15) is 0 Å². The molecule has 2 aromatic carbocycles. The molecule has 1 N–H and O–H groups in total. The summed E-state index contributed by atoms with van der Waals surface area (Å²) in [5, 5.41) is 2.95. The number of hydrogen-bond acceptors (Lipinski definition) is 2. The highest BCUT2D eigenvalue weighted by molar-refractivity contribution is 5.96. The number of likely N-dealkylation sites (tertiary alicyclic amines) is 1. The van der Waals surface area contributed by atoms with Crippen LogP contribution in [0.3, 0.4) is 0 Å². The quantitative estimate of drug-likeness (QED) is 0.894. The van der Waals surface area contributed by atoms with Crippen molar-refractivity contribution in [3.05, 3.63) is 65.7 Å². The highest BCUT2D eigenvalue weighted by atomic mass is 16.2. The first-order valence-electron chi connectivity index (χ1n) is 9.29. The number of carbonyl (C=O) groups is 2. The fourth-order valence-electron chi connectivity index (χ4n) is 3.33. The summed E-state index contributed by atoms with van der Waals surface area (Å²) in [6, 6.07) is 17.3. The Labute approximate surface area is 155 Å². The van der Waals surface area contributed by atoms with E-state index in [1.807, 2.05) is 59.5 Å². The summed E-state index contributed by atoms with van der Waals surface area (Å²) in [6.07, 6.45) is 1.66. The second-order valence-electron chi connectivity index (χ2n) is 7.22. The molecule has 0 spiro atoms. The maximum Gasteiger partial charge on any atom is 0.253 e. The van der Waals surface area contributed by atoms with Crippen molar-refractivity contribution in [1.82, 2.24) is 4.90 Å². The van der Waals surface area contributed by atoms with Crippen LogP contribution in [-0.2, 0) is 4.79 Å². The van der Waals surface area contributed by atoms with Crippen molar-refractivity contribution in [2.75, 3.05) is 18.4 Å². The first-order valence-corrected chi connectivity index (χ1v) is 9.29. The molecule has 3 rings (SSSR count). The lowest BCUT2D eigenvalue weighted by molar-refractivity contribution is -0.121. The summed E-state index contributed by atoms with van der Waals surface area (Å²) < 4.78 is 0. The minimum Gasteiger partial charge on any atom is -0.338 e. The van der Waals surface area contributed by atoms with Gasteiger partial charge in [0.25, 0.3) is 5.91 Å². The third-order valence-corrected chi connectivity index (χ3v) is 4.95. The van der Waals surface area contributed by atoms with Gasteiger partial charge in [-0.15, -0.1) is 0 Å². The minimum absolute atomic E-state index is 0.0103. The molecule has 0 radical (unpaired) electrons. The highest BCUT2D eigenvalue weighted by Gasteiger charge is 2.29. The number of hydrogen-bond donors (Lipinski definition) is 1. The largest absolute Gasteiger partial charge is 0.338 e. The summed E-state index contributed by atoms with van der Waals surface area (Å²) in [7, 11) is 0. The zero-order chi connectivity index (χ0) is 18.5. The van der Waals surface area contributed by atoms with E-state index in [1.165, 1.54) is 5.56 Å². The monoisotopic (exact) mass is 350 g/mol. The standard InChI is InChI=1S/C22H26N2O2/c1-16(2)17-10-12-18(13-11-17)22(26)24-14-6-7-19(15-24)21(25)23-20-8-4-3-5-9-20/h3-5,8-13,16,19H,6-7,14-15H2,1-2H3,(H,23,25). The molecule has 4 heteroatoms. The zero-order valence-corrected chi connectivity index (χ0v) is 15.4. The second-order valence-corrected chi connectivity index (χ2v) is 7.22. The average Bonchev–Trinajstić information content (AvgIpc) is 2.68. The number of amides is 2. The van der Waals surface area contributed by atoms with E-state index < -0.39 is 0 Å². The number of nitrogens with one attached hydrogen (secondary N) is 1. The molecule has 1 unspecified atom stereocenters. The van der Waals surface area contributed by atoms with Crippen molar-refractivity contribution in [1.29, 1.82) is 0 Å². The summed E-state index contributed by atoms with van der Waals surface area (Å²) in [5.74, 6) is 0.282. The molecule has 0 saturated carbocycles. The number of para-hydroxylation sites is 1. The summed E-state index contributed by atoms with van der Waals surface area (Å²) in [4.78, 5) is 27.2. The van der Waals surface area contributed by atoms with Crippen LogP contribution in [0.5, 0.6) is 0 Å². The van der Waals surface area contributed by atoms with Gasteiger partial charge < -0.3 is 10.2 Å². The van der Waals surface area contributed by atoms with Gasteiger partial charge in [0.1, 0.15) is 0 Å². The van der Waals surface area contributed by atoms with Crippen molar-refractivity contribution in [2.45, 2.75) is 32.6 Å². The van der Waals surface area contributed by atoms with Crippen LogP contribution in [0.15, 0.2) is 54.6 Å². The molecule has 4 nitrogen and oxygen atoms in total. The molecule has 1 atom stereocenters. The Hall–Kier alpha value is -2.62. The van der Waals surface area contributed by atoms with Gasteiger partial charge in [0.15, 0.2) is 0 Å². The number of nitrogens with zero attached hydrogens (tertiary/aromatic N) is 1. The van der Waals surface area contributed by atoms with E-state index in [-0.39, 0.29) is 17.7 Å². The van der Waals surface area contributed by atoms with E-state index in [1.54, 1.807) is 0 Å². The predicted octanol–water partition coefficient (Wildman–Crippen LogP) is 4.30. The van der Waals surface area contributed by atoms with Crippen LogP contribution in [0, 0.1) is 5.92 Å². The van der Waals surface area contributed by atoms with E-state index in [0.29, 0.717) is 24.6 Å². The van der Waals surface area contributed by atoms with Gasteiger partial charge in [-0.25, -0.2) is 0 Å². The lowest BCUT2D eigenvalue weighted by Gasteiger charge is -2.32. The number of rotatable bonds is 4. The molecule has 1 saturated heterocycles. The van der Waals surface area contributed by atoms with Crippen LogP contribution in [0.1, 0.15) is 48.5 Å². The molecule has 1 fully saturated rings. The van der Waals surface area contributed by atoms with Crippen LogP contribution in [0.2, 0.25) is 0 Å². The zero-order valence-electron chi connectivity index (χ0n) is 15.4. The normalized spacial score (nSPS) is 17.2. The van der Waals surface area contributed by atoms with Gasteiger partial charge in [-0.05, 0) is 48.6 Å². The Morgan fingerprint density at radius 1 is 1.04 bits per heavy atom. The molecule has 2 aromatic rings. The maximum atomic E-state index is 12.8. The summed E-state index contributed by atoms with van der Waals surface area (Å²) >= 11 is 0. The van der Waals surface area contributed by atoms with Crippen molar-refractivity contribution in [3.8, 4) is 0 Å². The van der Waals surface area contributed by atoms with Gasteiger partial charge in [0.05, 0.1) is 5.92 Å². The number of anilines is 1. The Morgan fingerprint density at radius 3 is 2.38 bits per heavy atom. The van der Waals surface area contributed by atoms with Gasteiger partial charge in [-0.3, -0.25) is 9.59 Å². The highest BCUT2D eigenvalue weighted by Crippen LogP contribution is 2.21. The Bertz CT molecular complexity index is 753. The van der Waals surface area contributed by atoms with Crippen molar-refractivity contribution >= 4 is 17.5 Å². The molecular weight excluding hydrogens is 324 g/mol. The third kappa shape index (κ3) is 4.31. The van der Waals surface area contributed by atoms with Gasteiger partial charge in [0.2, 0.25) is 5.91 Å². The second kappa shape index (κ2) is 8.17. The molecule has 136 valence electrons. The third-order valence-electron chi connectivity index (χ3n) is 4.95. The van der Waals surface area contributed by atoms with E-state index in [0.717, 1.165) is 18.5 Å². The van der Waals surface area contributed by atoms with Crippen LogP contribution >= 0.6 is 0 Å². The molecule has 1 aliphatic rings. The first kappa shape index (κ1) is 18.2. The van der Waals surface area contributed by atoms with Crippen molar-refractivity contribution in [3.63, 3.8) is 0 Å². The van der Waals surface area contributed by atoms with E-state index in [4.69, 9.17) is 0 Å². The van der Waals surface area contributed by atoms with E-state index in [9.17, 15) is 9.59 Å². The molecule has 0 bridgehead atoms.